The van der Waals surface area contributed by atoms with E-state index in [1.54, 1.807) is 0 Å². The van der Waals surface area contributed by atoms with Crippen molar-refractivity contribution in [2.45, 2.75) is 44.2 Å². The largest absolute Gasteiger partial charge is 0.444 e. The van der Waals surface area contributed by atoms with Gasteiger partial charge in [0.05, 0.1) is 5.54 Å². The van der Waals surface area contributed by atoms with Crippen LogP contribution in [-0.4, -0.2) is 17.7 Å². The second-order valence-electron chi connectivity index (χ2n) is 5.14. The van der Waals surface area contributed by atoms with Crippen molar-refractivity contribution in [1.29, 1.82) is 0 Å². The number of amides is 1. The molecule has 2 aliphatic rings. The molecule has 1 N–H and O–H groups in total. The first kappa shape index (κ1) is 12.0. The molecule has 1 aromatic carbocycles. The number of halogens is 1. The molecule has 2 unspecified atom stereocenters. The zero-order valence-electron chi connectivity index (χ0n) is 10.3. The van der Waals surface area contributed by atoms with Gasteiger partial charge in [-0.2, -0.15) is 0 Å². The molecule has 1 aliphatic carbocycles. The van der Waals surface area contributed by atoms with Crippen molar-refractivity contribution in [3.8, 4) is 0 Å². The predicted octanol–water partition coefficient (Wildman–Crippen LogP) is 3.20. The molecule has 1 heterocycles. The summed E-state index contributed by atoms with van der Waals surface area (Å²) in [5.41, 5.74) is 2.50. The topological polar surface area (TPSA) is 38.3 Å². The van der Waals surface area contributed by atoms with Gasteiger partial charge in [-0.1, -0.05) is 35.0 Å². The quantitative estimate of drug-likeness (QED) is 0.865. The van der Waals surface area contributed by atoms with E-state index in [0.29, 0.717) is 0 Å². The Kier molecular flexibility index (Phi) is 2.85. The summed E-state index contributed by atoms with van der Waals surface area (Å²) in [6, 6.07) is 6.29. The summed E-state index contributed by atoms with van der Waals surface area (Å²) in [6.07, 6.45) is 3.40. The molecule has 1 amide bonds. The highest BCUT2D eigenvalue weighted by Crippen LogP contribution is 2.38. The van der Waals surface area contributed by atoms with Gasteiger partial charge in [0.15, 0.2) is 0 Å². The molecule has 3 nitrogen and oxygen atoms in total. The summed E-state index contributed by atoms with van der Waals surface area (Å²) >= 11 is 3.60. The van der Waals surface area contributed by atoms with Crippen molar-refractivity contribution in [2.75, 3.05) is 0 Å². The molecule has 2 atom stereocenters. The highest BCUT2D eigenvalue weighted by molar-refractivity contribution is 9.10. The summed E-state index contributed by atoms with van der Waals surface area (Å²) < 4.78 is 6.56. The fourth-order valence-electron chi connectivity index (χ4n) is 3.24. The Morgan fingerprint density at radius 1 is 1.56 bits per heavy atom. The van der Waals surface area contributed by atoms with Gasteiger partial charge in [-0.3, -0.25) is 0 Å². The molecule has 0 aromatic heterocycles. The predicted molar refractivity (Wildman–Crippen MR) is 72.6 cm³/mol. The highest BCUT2D eigenvalue weighted by Gasteiger charge is 2.49. The van der Waals surface area contributed by atoms with Crippen molar-refractivity contribution in [3.63, 3.8) is 0 Å². The van der Waals surface area contributed by atoms with Crippen molar-refractivity contribution in [2.24, 2.45) is 0 Å². The van der Waals surface area contributed by atoms with Crippen LogP contribution in [-0.2, 0) is 17.6 Å². The molecule has 96 valence electrons. The Morgan fingerprint density at radius 3 is 3.17 bits per heavy atom. The lowest BCUT2D eigenvalue weighted by Gasteiger charge is -2.37. The number of alkyl carbamates (subject to hydrolysis) is 1. The van der Waals surface area contributed by atoms with Crippen molar-refractivity contribution in [3.05, 3.63) is 33.8 Å². The normalized spacial score (nSPS) is 29.9. The smallest absolute Gasteiger partial charge is 0.408 e. The van der Waals surface area contributed by atoms with Gasteiger partial charge in [-0.15, -0.1) is 0 Å². The maximum Gasteiger partial charge on any atom is 0.408 e. The molecule has 18 heavy (non-hydrogen) atoms. The number of ether oxygens (including phenoxy) is 1. The fourth-order valence-corrected chi connectivity index (χ4v) is 3.84. The van der Waals surface area contributed by atoms with Crippen LogP contribution in [0.25, 0.3) is 0 Å². The minimum absolute atomic E-state index is 0.00266. The summed E-state index contributed by atoms with van der Waals surface area (Å²) in [7, 11) is 0. The molecule has 0 bridgehead atoms. The van der Waals surface area contributed by atoms with Crippen LogP contribution in [0.5, 0.6) is 0 Å². The summed E-state index contributed by atoms with van der Waals surface area (Å²) in [6.45, 7) is 2.07. The summed E-state index contributed by atoms with van der Waals surface area (Å²) in [5, 5.41) is 3.05. The van der Waals surface area contributed by atoms with Crippen LogP contribution in [0.15, 0.2) is 22.7 Å². The SMILES string of the molecule is CCC1OC(=O)NC12CCc1c(Br)cccc1C2. The molecule has 1 aliphatic heterocycles. The maximum absolute atomic E-state index is 11.5. The van der Waals surface area contributed by atoms with E-state index in [4.69, 9.17) is 4.74 Å². The monoisotopic (exact) mass is 309 g/mol. The van der Waals surface area contributed by atoms with E-state index in [1.807, 2.05) is 0 Å². The van der Waals surface area contributed by atoms with E-state index in [9.17, 15) is 4.79 Å². The number of hydrogen-bond acceptors (Lipinski definition) is 2. The van der Waals surface area contributed by atoms with Crippen LogP contribution in [0.1, 0.15) is 30.9 Å². The third-order valence-corrected chi connectivity index (χ3v) is 4.87. The Bertz CT molecular complexity index is 503. The minimum Gasteiger partial charge on any atom is -0.444 e. The van der Waals surface area contributed by atoms with Crippen LogP contribution in [0.2, 0.25) is 0 Å². The van der Waals surface area contributed by atoms with E-state index < -0.39 is 0 Å². The molecular weight excluding hydrogens is 294 g/mol. The minimum atomic E-state index is -0.264. The highest BCUT2D eigenvalue weighted by atomic mass is 79.9. The first-order valence-corrected chi connectivity index (χ1v) is 7.19. The lowest BCUT2D eigenvalue weighted by atomic mass is 9.74. The van der Waals surface area contributed by atoms with Gasteiger partial charge in [-0.25, -0.2) is 4.79 Å². The van der Waals surface area contributed by atoms with Crippen LogP contribution in [0, 0.1) is 0 Å². The van der Waals surface area contributed by atoms with Crippen molar-refractivity contribution >= 4 is 22.0 Å². The number of fused-ring (bicyclic) bond motifs is 1. The molecule has 0 saturated carbocycles. The second-order valence-corrected chi connectivity index (χ2v) is 5.99. The molecule has 1 aromatic rings. The van der Waals surface area contributed by atoms with E-state index in [0.717, 1.165) is 25.7 Å². The molecule has 3 rings (SSSR count). The number of hydrogen-bond donors (Lipinski definition) is 1. The first-order chi connectivity index (χ1) is 8.64. The van der Waals surface area contributed by atoms with Crippen LogP contribution in [0.3, 0.4) is 0 Å². The van der Waals surface area contributed by atoms with Gasteiger partial charge in [0.2, 0.25) is 0 Å². The van der Waals surface area contributed by atoms with Gasteiger partial charge in [0, 0.05) is 4.47 Å². The molecule has 4 heteroatoms. The average Bonchev–Trinajstić information content (AvgIpc) is 2.65. The molecular formula is C14H16BrNO2. The maximum atomic E-state index is 11.5. The number of benzene rings is 1. The fraction of sp³-hybridized carbons (Fsp3) is 0.500. The molecule has 1 fully saturated rings. The van der Waals surface area contributed by atoms with Crippen LogP contribution < -0.4 is 5.32 Å². The van der Waals surface area contributed by atoms with Crippen LogP contribution >= 0.6 is 15.9 Å². The summed E-state index contributed by atoms with van der Waals surface area (Å²) in [5.74, 6) is 0. The number of nitrogens with one attached hydrogen (secondary N) is 1. The van der Waals surface area contributed by atoms with Crippen LogP contribution in [0.4, 0.5) is 4.79 Å². The number of rotatable bonds is 1. The van der Waals surface area contributed by atoms with E-state index in [-0.39, 0.29) is 17.7 Å². The van der Waals surface area contributed by atoms with Crippen molar-refractivity contribution < 1.29 is 9.53 Å². The zero-order valence-corrected chi connectivity index (χ0v) is 11.9. The first-order valence-electron chi connectivity index (χ1n) is 6.40. The Morgan fingerprint density at radius 2 is 2.39 bits per heavy atom. The standard InChI is InChI=1S/C14H16BrNO2/c1-2-12-14(16-13(17)18-12)7-6-10-9(8-14)4-3-5-11(10)15/h3-5,12H,2,6-8H2,1H3,(H,16,17). The van der Waals surface area contributed by atoms with E-state index in [1.165, 1.54) is 15.6 Å². The van der Waals surface area contributed by atoms with Gasteiger partial charge in [0.25, 0.3) is 0 Å². The molecule has 1 saturated heterocycles. The lowest BCUT2D eigenvalue weighted by molar-refractivity contribution is 0.0982. The Balaban J connectivity index is 1.97. The van der Waals surface area contributed by atoms with Gasteiger partial charge in [-0.05, 0) is 42.9 Å². The average molecular weight is 310 g/mol. The van der Waals surface area contributed by atoms with Crippen molar-refractivity contribution in [1.82, 2.24) is 5.32 Å². The van der Waals surface area contributed by atoms with E-state index in [2.05, 4.69) is 46.4 Å². The molecule has 0 radical (unpaired) electrons. The number of cyclic esters (lactones) is 1. The number of carbonyl (C=O) groups is 1. The second kappa shape index (κ2) is 4.26. The third kappa shape index (κ3) is 1.74. The van der Waals surface area contributed by atoms with Gasteiger partial charge in [0.1, 0.15) is 6.10 Å². The molecule has 1 spiro atoms. The van der Waals surface area contributed by atoms with Gasteiger partial charge < -0.3 is 10.1 Å². The summed E-state index contributed by atoms with van der Waals surface area (Å²) in [4.78, 5) is 11.5. The van der Waals surface area contributed by atoms with E-state index >= 15 is 0 Å². The Hall–Kier alpha value is -1.03. The van der Waals surface area contributed by atoms with Gasteiger partial charge >= 0.3 is 6.09 Å². The zero-order chi connectivity index (χ0) is 12.8. The Labute approximate surface area is 115 Å². The third-order valence-electron chi connectivity index (χ3n) is 4.13. The lowest BCUT2D eigenvalue weighted by Crippen LogP contribution is -2.52. The number of carbonyl (C=O) groups excluding carboxylic acids is 1.